The van der Waals surface area contributed by atoms with Gasteiger partial charge in [-0.25, -0.2) is 4.39 Å². The first-order chi connectivity index (χ1) is 8.59. The summed E-state index contributed by atoms with van der Waals surface area (Å²) in [7, 11) is 1.59. The molecule has 1 N–H and O–H groups in total. The Labute approximate surface area is 107 Å². The quantitative estimate of drug-likeness (QED) is 0.900. The van der Waals surface area contributed by atoms with E-state index in [0.717, 1.165) is 5.56 Å². The zero-order chi connectivity index (χ0) is 13.2. The van der Waals surface area contributed by atoms with Crippen molar-refractivity contribution in [2.45, 2.75) is 31.5 Å². The minimum absolute atomic E-state index is 0.340. The van der Waals surface area contributed by atoms with Crippen molar-refractivity contribution in [3.63, 3.8) is 0 Å². The van der Waals surface area contributed by atoms with Gasteiger partial charge in [0.2, 0.25) is 0 Å². The lowest BCUT2D eigenvalue weighted by molar-refractivity contribution is -0.154. The van der Waals surface area contributed by atoms with E-state index in [1.807, 2.05) is 6.92 Å². The summed E-state index contributed by atoms with van der Waals surface area (Å²) in [5, 5.41) is 10.6. The van der Waals surface area contributed by atoms with E-state index in [4.69, 9.17) is 9.47 Å². The Hall–Kier alpha value is -0.970. The minimum atomic E-state index is -0.831. The minimum Gasteiger partial charge on any atom is -0.385 e. The number of halogens is 1. The van der Waals surface area contributed by atoms with Crippen LogP contribution in [-0.2, 0) is 9.47 Å². The van der Waals surface area contributed by atoms with Gasteiger partial charge in [-0.15, -0.1) is 0 Å². The highest BCUT2D eigenvalue weighted by Gasteiger charge is 2.41. The van der Waals surface area contributed by atoms with Crippen LogP contribution in [0.3, 0.4) is 0 Å². The van der Waals surface area contributed by atoms with Gasteiger partial charge in [0.05, 0.1) is 0 Å². The van der Waals surface area contributed by atoms with Crippen molar-refractivity contribution in [2.75, 3.05) is 20.3 Å². The summed E-state index contributed by atoms with van der Waals surface area (Å²) in [6.07, 6.45) is 0.392. The SMILES string of the molecule is COC1(C(O)c2cc(F)ccc2C)CCOCC1. The first-order valence-corrected chi connectivity index (χ1v) is 6.16. The second-order valence-corrected chi connectivity index (χ2v) is 4.78. The van der Waals surface area contributed by atoms with Gasteiger partial charge >= 0.3 is 0 Å². The van der Waals surface area contributed by atoms with E-state index in [1.54, 1.807) is 13.2 Å². The topological polar surface area (TPSA) is 38.7 Å². The predicted molar refractivity (Wildman–Crippen MR) is 65.9 cm³/mol. The van der Waals surface area contributed by atoms with Gasteiger partial charge in [-0.3, -0.25) is 0 Å². The summed E-state index contributed by atoms with van der Waals surface area (Å²) < 4.78 is 24.2. The Morgan fingerprint density at radius 1 is 1.39 bits per heavy atom. The molecule has 3 nitrogen and oxygen atoms in total. The molecule has 1 saturated heterocycles. The van der Waals surface area contributed by atoms with Crippen LogP contribution in [0, 0.1) is 12.7 Å². The predicted octanol–water partition coefficient (Wildman–Crippen LogP) is 2.36. The maximum absolute atomic E-state index is 13.3. The fraction of sp³-hybridized carbons (Fsp3) is 0.571. The molecule has 100 valence electrons. The molecule has 1 aliphatic rings. The number of aliphatic hydroxyl groups excluding tert-OH is 1. The second-order valence-electron chi connectivity index (χ2n) is 4.78. The number of hydrogen-bond donors (Lipinski definition) is 1. The van der Waals surface area contributed by atoms with Crippen LogP contribution in [0.1, 0.15) is 30.1 Å². The van der Waals surface area contributed by atoms with E-state index in [-0.39, 0.29) is 5.82 Å². The molecule has 1 aliphatic heterocycles. The first kappa shape index (κ1) is 13.5. The van der Waals surface area contributed by atoms with Crippen LogP contribution in [0.15, 0.2) is 18.2 Å². The van der Waals surface area contributed by atoms with Crippen LogP contribution in [0.2, 0.25) is 0 Å². The summed E-state index contributed by atoms with van der Waals surface area (Å²) in [5.41, 5.74) is 0.794. The molecule has 1 aromatic rings. The Kier molecular flexibility index (Phi) is 4.00. The van der Waals surface area contributed by atoms with Crippen LogP contribution in [0.4, 0.5) is 4.39 Å². The van der Waals surface area contributed by atoms with Gasteiger partial charge in [-0.05, 0) is 30.2 Å². The van der Waals surface area contributed by atoms with E-state index in [2.05, 4.69) is 0 Å². The maximum atomic E-state index is 13.3. The Morgan fingerprint density at radius 3 is 2.67 bits per heavy atom. The molecule has 0 spiro atoms. The van der Waals surface area contributed by atoms with Crippen LogP contribution < -0.4 is 0 Å². The number of rotatable bonds is 3. The van der Waals surface area contributed by atoms with Crippen LogP contribution >= 0.6 is 0 Å². The molecule has 2 rings (SSSR count). The monoisotopic (exact) mass is 254 g/mol. The third kappa shape index (κ3) is 2.41. The van der Waals surface area contributed by atoms with E-state index < -0.39 is 11.7 Å². The van der Waals surface area contributed by atoms with Gasteiger partial charge in [0.1, 0.15) is 17.5 Å². The highest BCUT2D eigenvalue weighted by molar-refractivity contribution is 5.30. The Morgan fingerprint density at radius 2 is 2.06 bits per heavy atom. The highest BCUT2D eigenvalue weighted by atomic mass is 19.1. The number of hydrogen-bond acceptors (Lipinski definition) is 3. The van der Waals surface area contributed by atoms with Crippen molar-refractivity contribution in [3.8, 4) is 0 Å². The number of ether oxygens (including phenoxy) is 2. The molecule has 1 heterocycles. The van der Waals surface area contributed by atoms with E-state index in [9.17, 15) is 9.50 Å². The molecular weight excluding hydrogens is 235 g/mol. The van der Waals surface area contributed by atoms with Gasteiger partial charge in [-0.2, -0.15) is 0 Å². The van der Waals surface area contributed by atoms with Crippen LogP contribution in [0.5, 0.6) is 0 Å². The molecular formula is C14H19FO3. The molecule has 0 bridgehead atoms. The molecule has 1 atom stereocenters. The fourth-order valence-corrected chi connectivity index (χ4v) is 2.50. The zero-order valence-electron chi connectivity index (χ0n) is 10.8. The summed E-state index contributed by atoms with van der Waals surface area (Å²) in [5.74, 6) is -0.340. The van der Waals surface area contributed by atoms with Crippen molar-refractivity contribution in [1.82, 2.24) is 0 Å². The average Bonchev–Trinajstić information content (AvgIpc) is 2.41. The molecule has 1 fully saturated rings. The smallest absolute Gasteiger partial charge is 0.123 e. The number of methoxy groups -OCH3 is 1. The van der Waals surface area contributed by atoms with Crippen LogP contribution in [-0.4, -0.2) is 31.0 Å². The largest absolute Gasteiger partial charge is 0.385 e. The van der Waals surface area contributed by atoms with Crippen molar-refractivity contribution >= 4 is 0 Å². The lowest BCUT2D eigenvalue weighted by Gasteiger charge is -2.40. The zero-order valence-corrected chi connectivity index (χ0v) is 10.8. The number of benzene rings is 1. The van der Waals surface area contributed by atoms with Crippen molar-refractivity contribution < 1.29 is 19.0 Å². The molecule has 4 heteroatoms. The highest BCUT2D eigenvalue weighted by Crippen LogP contribution is 2.38. The van der Waals surface area contributed by atoms with Gasteiger partial charge in [0.25, 0.3) is 0 Å². The van der Waals surface area contributed by atoms with Gasteiger partial charge in [-0.1, -0.05) is 6.07 Å². The van der Waals surface area contributed by atoms with Gasteiger partial charge < -0.3 is 14.6 Å². The summed E-state index contributed by atoms with van der Waals surface area (Å²) in [6, 6.07) is 4.46. The lowest BCUT2D eigenvalue weighted by Crippen LogP contribution is -2.44. The standard InChI is InChI=1S/C14H19FO3/c1-10-3-4-11(15)9-12(10)13(16)14(17-2)5-7-18-8-6-14/h3-4,9,13,16H,5-8H2,1-2H3. The van der Waals surface area contributed by atoms with Crippen molar-refractivity contribution in [3.05, 3.63) is 35.1 Å². The molecule has 1 unspecified atom stereocenters. The van der Waals surface area contributed by atoms with E-state index in [0.29, 0.717) is 31.6 Å². The number of aryl methyl sites for hydroxylation is 1. The fourth-order valence-electron chi connectivity index (χ4n) is 2.50. The van der Waals surface area contributed by atoms with Gasteiger partial charge in [0, 0.05) is 33.2 Å². The Bertz CT molecular complexity index is 414. The molecule has 0 aromatic heterocycles. The summed E-state index contributed by atoms with van der Waals surface area (Å²) >= 11 is 0. The number of aliphatic hydroxyl groups is 1. The lowest BCUT2D eigenvalue weighted by atomic mass is 9.83. The molecule has 0 saturated carbocycles. The van der Waals surface area contributed by atoms with E-state index >= 15 is 0 Å². The Balaban J connectivity index is 2.33. The van der Waals surface area contributed by atoms with E-state index in [1.165, 1.54) is 12.1 Å². The maximum Gasteiger partial charge on any atom is 0.123 e. The summed E-state index contributed by atoms with van der Waals surface area (Å²) in [6.45, 7) is 2.97. The van der Waals surface area contributed by atoms with Crippen molar-refractivity contribution in [1.29, 1.82) is 0 Å². The normalized spacial score (nSPS) is 20.7. The third-order valence-corrected chi connectivity index (χ3v) is 3.78. The molecule has 0 radical (unpaired) electrons. The third-order valence-electron chi connectivity index (χ3n) is 3.78. The second kappa shape index (κ2) is 5.34. The van der Waals surface area contributed by atoms with Crippen LogP contribution in [0.25, 0.3) is 0 Å². The first-order valence-electron chi connectivity index (χ1n) is 6.16. The molecule has 0 amide bonds. The molecule has 0 aliphatic carbocycles. The average molecular weight is 254 g/mol. The van der Waals surface area contributed by atoms with Crippen molar-refractivity contribution in [2.24, 2.45) is 0 Å². The molecule has 1 aromatic carbocycles. The van der Waals surface area contributed by atoms with Gasteiger partial charge in [0.15, 0.2) is 0 Å². The molecule has 18 heavy (non-hydrogen) atoms. The summed E-state index contributed by atoms with van der Waals surface area (Å²) in [4.78, 5) is 0.